The molecule has 8 heteroatoms. The minimum Gasteiger partial charge on any atom is -0.368 e. The molecule has 0 aliphatic rings. The van der Waals surface area contributed by atoms with Gasteiger partial charge in [0, 0.05) is 31.5 Å². The zero-order valence-electron chi connectivity index (χ0n) is 14.3. The predicted octanol–water partition coefficient (Wildman–Crippen LogP) is 1.88. The number of aromatic nitrogens is 4. The average Bonchev–Trinajstić information content (AvgIpc) is 3.15. The first-order valence-electron chi connectivity index (χ1n) is 8.21. The van der Waals surface area contributed by atoms with Gasteiger partial charge in [0.2, 0.25) is 5.91 Å². The van der Waals surface area contributed by atoms with Crippen molar-refractivity contribution >= 4 is 11.7 Å². The van der Waals surface area contributed by atoms with Crippen molar-refractivity contribution in [1.29, 1.82) is 0 Å². The van der Waals surface area contributed by atoms with Crippen LogP contribution in [0, 0.1) is 12.7 Å². The van der Waals surface area contributed by atoms with Gasteiger partial charge in [-0.1, -0.05) is 12.1 Å². The van der Waals surface area contributed by atoms with E-state index in [9.17, 15) is 9.18 Å². The molecule has 2 heterocycles. The van der Waals surface area contributed by atoms with Gasteiger partial charge < -0.3 is 10.6 Å². The van der Waals surface area contributed by atoms with Crippen LogP contribution in [0.4, 0.5) is 10.2 Å². The summed E-state index contributed by atoms with van der Waals surface area (Å²) in [7, 11) is 0. The van der Waals surface area contributed by atoms with E-state index in [2.05, 4.69) is 25.7 Å². The lowest BCUT2D eigenvalue weighted by Gasteiger charge is -2.09. The van der Waals surface area contributed by atoms with Crippen LogP contribution in [0.25, 0.3) is 5.82 Å². The van der Waals surface area contributed by atoms with Crippen LogP contribution in [0.1, 0.15) is 11.4 Å². The van der Waals surface area contributed by atoms with E-state index >= 15 is 0 Å². The third-order valence-corrected chi connectivity index (χ3v) is 3.59. The van der Waals surface area contributed by atoms with E-state index < -0.39 is 0 Å². The zero-order chi connectivity index (χ0) is 18.4. The molecule has 0 unspecified atom stereocenters. The van der Waals surface area contributed by atoms with E-state index in [1.54, 1.807) is 35.3 Å². The van der Waals surface area contributed by atoms with Crippen LogP contribution >= 0.6 is 0 Å². The number of nitrogens with zero attached hydrogens (tertiary/aromatic N) is 4. The van der Waals surface area contributed by atoms with Crippen LogP contribution in [-0.4, -0.2) is 38.7 Å². The molecule has 0 saturated heterocycles. The third-order valence-electron chi connectivity index (χ3n) is 3.59. The molecule has 0 saturated carbocycles. The molecule has 134 valence electrons. The van der Waals surface area contributed by atoms with E-state index in [0.717, 1.165) is 5.56 Å². The Labute approximate surface area is 150 Å². The fourth-order valence-electron chi connectivity index (χ4n) is 2.41. The van der Waals surface area contributed by atoms with Crippen LogP contribution in [0.15, 0.2) is 48.8 Å². The Morgan fingerprint density at radius 1 is 1.19 bits per heavy atom. The number of benzene rings is 1. The van der Waals surface area contributed by atoms with Crippen molar-refractivity contribution in [2.75, 3.05) is 18.4 Å². The van der Waals surface area contributed by atoms with Gasteiger partial charge in [0.05, 0.1) is 6.42 Å². The molecule has 26 heavy (non-hydrogen) atoms. The number of amides is 1. The number of aryl methyl sites for hydroxylation is 1. The molecule has 0 radical (unpaired) electrons. The van der Waals surface area contributed by atoms with Gasteiger partial charge in [0.1, 0.15) is 17.5 Å². The van der Waals surface area contributed by atoms with E-state index in [0.29, 0.717) is 30.5 Å². The van der Waals surface area contributed by atoms with Gasteiger partial charge >= 0.3 is 0 Å². The number of rotatable bonds is 7. The van der Waals surface area contributed by atoms with Gasteiger partial charge in [-0.2, -0.15) is 5.10 Å². The van der Waals surface area contributed by atoms with Crippen molar-refractivity contribution in [1.82, 2.24) is 25.1 Å². The molecule has 1 aromatic carbocycles. The molecule has 0 atom stereocenters. The van der Waals surface area contributed by atoms with Gasteiger partial charge in [-0.05, 0) is 30.7 Å². The van der Waals surface area contributed by atoms with Crippen LogP contribution < -0.4 is 10.6 Å². The number of halogens is 1. The number of anilines is 1. The molecule has 0 spiro atoms. The number of carbonyl (C=O) groups excluding carboxylic acids is 1. The number of carbonyl (C=O) groups is 1. The van der Waals surface area contributed by atoms with Crippen LogP contribution in [0.2, 0.25) is 0 Å². The molecular weight excluding hydrogens is 335 g/mol. The lowest BCUT2D eigenvalue weighted by Crippen LogP contribution is -2.30. The van der Waals surface area contributed by atoms with Gasteiger partial charge in [-0.25, -0.2) is 19.0 Å². The third kappa shape index (κ3) is 4.85. The van der Waals surface area contributed by atoms with Crippen LogP contribution in [-0.2, 0) is 11.2 Å². The molecule has 2 aromatic heterocycles. The maximum atomic E-state index is 12.9. The average molecular weight is 354 g/mol. The fraction of sp³-hybridized carbons (Fsp3) is 0.222. The first-order chi connectivity index (χ1) is 12.6. The van der Waals surface area contributed by atoms with Crippen molar-refractivity contribution < 1.29 is 9.18 Å². The highest BCUT2D eigenvalue weighted by Gasteiger charge is 2.05. The smallest absolute Gasteiger partial charge is 0.224 e. The van der Waals surface area contributed by atoms with Crippen molar-refractivity contribution in [2.24, 2.45) is 0 Å². The summed E-state index contributed by atoms with van der Waals surface area (Å²) in [6.07, 6.45) is 3.71. The second-order valence-corrected chi connectivity index (χ2v) is 5.69. The molecule has 0 aliphatic heterocycles. The summed E-state index contributed by atoms with van der Waals surface area (Å²) >= 11 is 0. The molecule has 0 bridgehead atoms. The Morgan fingerprint density at radius 2 is 2.00 bits per heavy atom. The van der Waals surface area contributed by atoms with Crippen molar-refractivity contribution in [3.63, 3.8) is 0 Å². The van der Waals surface area contributed by atoms with E-state index in [1.807, 2.05) is 13.0 Å². The highest BCUT2D eigenvalue weighted by molar-refractivity contribution is 5.78. The van der Waals surface area contributed by atoms with E-state index in [1.165, 1.54) is 12.1 Å². The highest BCUT2D eigenvalue weighted by atomic mass is 19.1. The maximum Gasteiger partial charge on any atom is 0.224 e. The maximum absolute atomic E-state index is 12.9. The summed E-state index contributed by atoms with van der Waals surface area (Å²) in [4.78, 5) is 20.6. The van der Waals surface area contributed by atoms with Crippen LogP contribution in [0.3, 0.4) is 0 Å². The summed E-state index contributed by atoms with van der Waals surface area (Å²) in [6.45, 7) is 2.77. The standard InChI is InChI=1S/C18H19FN6O/c1-13-23-16(12-17(24-13)25-10-2-7-22-25)20-8-9-21-18(26)11-14-3-5-15(19)6-4-14/h2-7,10,12H,8-9,11H2,1H3,(H,21,26)(H,20,23,24). The SMILES string of the molecule is Cc1nc(NCCNC(=O)Cc2ccc(F)cc2)cc(-n2cccn2)n1. The van der Waals surface area contributed by atoms with Crippen molar-refractivity contribution in [3.05, 3.63) is 66.0 Å². The summed E-state index contributed by atoms with van der Waals surface area (Å²) in [6, 6.07) is 9.51. The van der Waals surface area contributed by atoms with Gasteiger partial charge in [-0.3, -0.25) is 4.79 Å². The van der Waals surface area contributed by atoms with E-state index in [4.69, 9.17) is 0 Å². The number of hydrogen-bond acceptors (Lipinski definition) is 5. The first kappa shape index (κ1) is 17.5. The Morgan fingerprint density at radius 3 is 2.73 bits per heavy atom. The fourth-order valence-corrected chi connectivity index (χ4v) is 2.41. The second-order valence-electron chi connectivity index (χ2n) is 5.69. The molecular formula is C18H19FN6O. The molecule has 7 nitrogen and oxygen atoms in total. The Kier molecular flexibility index (Phi) is 5.52. The first-order valence-corrected chi connectivity index (χ1v) is 8.21. The predicted molar refractivity (Wildman–Crippen MR) is 95.5 cm³/mol. The van der Waals surface area contributed by atoms with Gasteiger partial charge in [-0.15, -0.1) is 0 Å². The normalized spacial score (nSPS) is 10.5. The Balaban J connectivity index is 1.47. The highest BCUT2D eigenvalue weighted by Crippen LogP contribution is 2.09. The van der Waals surface area contributed by atoms with Crippen LogP contribution in [0.5, 0.6) is 0 Å². The summed E-state index contributed by atoms with van der Waals surface area (Å²) in [5.74, 6) is 1.53. The largest absolute Gasteiger partial charge is 0.368 e. The zero-order valence-corrected chi connectivity index (χ0v) is 14.3. The molecule has 0 aliphatic carbocycles. The summed E-state index contributed by atoms with van der Waals surface area (Å²) < 4.78 is 14.5. The quantitative estimate of drug-likeness (QED) is 0.633. The molecule has 1 amide bonds. The van der Waals surface area contributed by atoms with Gasteiger partial charge in [0.15, 0.2) is 5.82 Å². The molecule has 3 rings (SSSR count). The van der Waals surface area contributed by atoms with Crippen molar-refractivity contribution in [2.45, 2.75) is 13.3 Å². The van der Waals surface area contributed by atoms with E-state index in [-0.39, 0.29) is 18.1 Å². The summed E-state index contributed by atoms with van der Waals surface area (Å²) in [5.41, 5.74) is 0.771. The Hall–Kier alpha value is -3.29. The van der Waals surface area contributed by atoms with Crippen molar-refractivity contribution in [3.8, 4) is 5.82 Å². The molecule has 2 N–H and O–H groups in total. The lowest BCUT2D eigenvalue weighted by atomic mass is 10.1. The molecule has 0 fully saturated rings. The summed E-state index contributed by atoms with van der Waals surface area (Å²) in [5, 5.41) is 10.1. The van der Waals surface area contributed by atoms with Gasteiger partial charge in [0.25, 0.3) is 0 Å². The Bertz CT molecular complexity index is 864. The second kappa shape index (κ2) is 8.19. The minimum absolute atomic E-state index is 0.116. The molecule has 3 aromatic rings. The number of hydrogen-bond donors (Lipinski definition) is 2. The number of nitrogens with one attached hydrogen (secondary N) is 2. The minimum atomic E-state index is -0.312. The topological polar surface area (TPSA) is 84.7 Å². The monoisotopic (exact) mass is 354 g/mol. The lowest BCUT2D eigenvalue weighted by molar-refractivity contribution is -0.120.